The molecule has 0 aliphatic carbocycles. The number of nitrogens with one attached hydrogen (secondary N) is 1. The van der Waals surface area contributed by atoms with Crippen LogP contribution in [0.2, 0.25) is 0 Å². The van der Waals surface area contributed by atoms with Crippen LogP contribution < -0.4 is 15.0 Å². The van der Waals surface area contributed by atoms with Crippen molar-refractivity contribution in [1.29, 1.82) is 0 Å². The molecule has 1 aliphatic rings. The predicted molar refractivity (Wildman–Crippen MR) is 93.3 cm³/mol. The summed E-state index contributed by atoms with van der Waals surface area (Å²) < 4.78 is 31.2. The number of amides is 2. The van der Waals surface area contributed by atoms with Gasteiger partial charge in [-0.2, -0.15) is 0 Å². The number of carbonyl (C=O) groups excluding carboxylic acids is 1. The largest absolute Gasteiger partial charge is 0.492 e. The van der Waals surface area contributed by atoms with Crippen molar-refractivity contribution in [2.75, 3.05) is 44.2 Å². The van der Waals surface area contributed by atoms with Crippen LogP contribution in [0.1, 0.15) is 0 Å². The van der Waals surface area contributed by atoms with Crippen LogP contribution in [0.25, 0.3) is 0 Å². The van der Waals surface area contributed by atoms with Crippen molar-refractivity contribution in [3.63, 3.8) is 0 Å². The first-order valence-corrected chi connectivity index (χ1v) is 8.40. The van der Waals surface area contributed by atoms with E-state index in [0.29, 0.717) is 13.1 Å². The highest BCUT2D eigenvalue weighted by atomic mass is 19.2. The van der Waals surface area contributed by atoms with Gasteiger partial charge in [0.25, 0.3) is 0 Å². The van der Waals surface area contributed by atoms with Crippen LogP contribution in [0.5, 0.6) is 5.75 Å². The zero-order valence-corrected chi connectivity index (χ0v) is 14.2. The molecule has 1 aromatic carbocycles. The Hall–Kier alpha value is -2.90. The quantitative estimate of drug-likeness (QED) is 0.829. The second-order valence-corrected chi connectivity index (χ2v) is 5.82. The van der Waals surface area contributed by atoms with E-state index in [2.05, 4.69) is 15.2 Å². The number of hydrogen-bond donors (Lipinski definition) is 1. The number of urea groups is 1. The fourth-order valence-corrected chi connectivity index (χ4v) is 2.68. The van der Waals surface area contributed by atoms with E-state index in [9.17, 15) is 13.6 Å². The number of halogens is 2. The van der Waals surface area contributed by atoms with E-state index in [4.69, 9.17) is 4.74 Å². The maximum absolute atomic E-state index is 13.1. The van der Waals surface area contributed by atoms with E-state index in [1.807, 2.05) is 18.2 Å². The zero-order valence-electron chi connectivity index (χ0n) is 14.2. The molecule has 2 heterocycles. The SMILES string of the molecule is O=C(NCCOc1ccc(F)c(F)c1)N1CCN(c2ccccn2)CC1. The van der Waals surface area contributed by atoms with E-state index < -0.39 is 11.6 Å². The number of ether oxygens (including phenoxy) is 1. The van der Waals surface area contributed by atoms with Gasteiger partial charge in [0.15, 0.2) is 11.6 Å². The molecule has 2 amide bonds. The fraction of sp³-hybridized carbons (Fsp3) is 0.333. The Morgan fingerprint density at radius 2 is 1.92 bits per heavy atom. The average molecular weight is 362 g/mol. The molecule has 1 fully saturated rings. The molecule has 1 aromatic heterocycles. The van der Waals surface area contributed by atoms with Crippen molar-refractivity contribution in [3.8, 4) is 5.75 Å². The van der Waals surface area contributed by atoms with E-state index in [0.717, 1.165) is 31.0 Å². The second kappa shape index (κ2) is 8.46. The number of carbonyl (C=O) groups is 1. The molecular formula is C18H20F2N4O2. The molecule has 0 atom stereocenters. The number of aromatic nitrogens is 1. The highest BCUT2D eigenvalue weighted by Gasteiger charge is 2.21. The highest BCUT2D eigenvalue weighted by Crippen LogP contribution is 2.15. The predicted octanol–water partition coefficient (Wildman–Crippen LogP) is 2.27. The first-order chi connectivity index (χ1) is 12.6. The van der Waals surface area contributed by atoms with Crippen LogP contribution in [-0.2, 0) is 0 Å². The van der Waals surface area contributed by atoms with Crippen LogP contribution >= 0.6 is 0 Å². The molecule has 138 valence electrons. The number of anilines is 1. The Bertz CT molecular complexity index is 737. The summed E-state index contributed by atoms with van der Waals surface area (Å²) in [5, 5.41) is 2.76. The van der Waals surface area contributed by atoms with Gasteiger partial charge in [-0.15, -0.1) is 0 Å². The molecule has 3 rings (SSSR count). The Kier molecular flexibility index (Phi) is 5.83. The zero-order chi connectivity index (χ0) is 18.4. The number of benzene rings is 1. The van der Waals surface area contributed by atoms with Crippen molar-refractivity contribution >= 4 is 11.8 Å². The minimum atomic E-state index is -0.961. The summed E-state index contributed by atoms with van der Waals surface area (Å²) in [6.45, 7) is 3.09. The molecular weight excluding hydrogens is 342 g/mol. The van der Waals surface area contributed by atoms with Crippen LogP contribution in [0.15, 0.2) is 42.6 Å². The third-order valence-corrected chi connectivity index (χ3v) is 4.08. The molecule has 2 aromatic rings. The normalized spacial score (nSPS) is 14.2. The third kappa shape index (κ3) is 4.59. The topological polar surface area (TPSA) is 57.7 Å². The molecule has 0 bridgehead atoms. The molecule has 26 heavy (non-hydrogen) atoms. The first kappa shape index (κ1) is 17.9. The summed E-state index contributed by atoms with van der Waals surface area (Å²) in [5.74, 6) is -0.748. The highest BCUT2D eigenvalue weighted by molar-refractivity contribution is 5.74. The van der Waals surface area contributed by atoms with Crippen molar-refractivity contribution < 1.29 is 18.3 Å². The minimum Gasteiger partial charge on any atom is -0.492 e. The lowest BCUT2D eigenvalue weighted by Crippen LogP contribution is -2.52. The number of hydrogen-bond acceptors (Lipinski definition) is 4. The maximum Gasteiger partial charge on any atom is 0.317 e. The molecule has 0 radical (unpaired) electrons. The molecule has 0 saturated carbocycles. The Morgan fingerprint density at radius 3 is 2.62 bits per heavy atom. The molecule has 0 unspecified atom stereocenters. The monoisotopic (exact) mass is 362 g/mol. The van der Waals surface area contributed by atoms with Gasteiger partial charge in [0.1, 0.15) is 18.2 Å². The maximum atomic E-state index is 13.1. The van der Waals surface area contributed by atoms with Gasteiger partial charge in [-0.05, 0) is 24.3 Å². The summed E-state index contributed by atoms with van der Waals surface area (Å²) in [6, 6.07) is 8.92. The smallest absolute Gasteiger partial charge is 0.317 e. The lowest BCUT2D eigenvalue weighted by atomic mass is 10.3. The van der Waals surface area contributed by atoms with Gasteiger partial charge in [0.05, 0.1) is 6.54 Å². The molecule has 1 saturated heterocycles. The third-order valence-electron chi connectivity index (χ3n) is 4.08. The van der Waals surface area contributed by atoms with E-state index >= 15 is 0 Å². The van der Waals surface area contributed by atoms with Gasteiger partial charge in [0, 0.05) is 38.4 Å². The van der Waals surface area contributed by atoms with Gasteiger partial charge in [-0.1, -0.05) is 6.07 Å². The number of pyridine rings is 1. The van der Waals surface area contributed by atoms with Crippen molar-refractivity contribution in [2.45, 2.75) is 0 Å². The summed E-state index contributed by atoms with van der Waals surface area (Å²) >= 11 is 0. The van der Waals surface area contributed by atoms with Crippen LogP contribution in [0, 0.1) is 11.6 Å². The van der Waals surface area contributed by atoms with Crippen LogP contribution in [0.3, 0.4) is 0 Å². The summed E-state index contributed by atoms with van der Waals surface area (Å²) in [5.41, 5.74) is 0. The lowest BCUT2D eigenvalue weighted by molar-refractivity contribution is 0.191. The Morgan fingerprint density at radius 1 is 1.12 bits per heavy atom. The van der Waals surface area contributed by atoms with Gasteiger partial charge in [0.2, 0.25) is 0 Å². The molecule has 6 nitrogen and oxygen atoms in total. The number of piperazine rings is 1. The average Bonchev–Trinajstić information content (AvgIpc) is 2.68. The standard InChI is InChI=1S/C18H20F2N4O2/c19-15-5-4-14(13-16(15)20)26-12-7-22-18(25)24-10-8-23(9-11-24)17-3-1-2-6-21-17/h1-6,13H,7-12H2,(H,22,25). The molecule has 1 N–H and O–H groups in total. The van der Waals surface area contributed by atoms with E-state index in [-0.39, 0.29) is 24.9 Å². The minimum absolute atomic E-state index is 0.167. The number of rotatable bonds is 5. The van der Waals surface area contributed by atoms with Crippen LogP contribution in [0.4, 0.5) is 19.4 Å². The summed E-state index contributed by atoms with van der Waals surface area (Å²) in [7, 11) is 0. The van der Waals surface area contributed by atoms with Crippen molar-refractivity contribution in [2.24, 2.45) is 0 Å². The summed E-state index contributed by atoms with van der Waals surface area (Å²) in [6.07, 6.45) is 1.75. The number of nitrogens with zero attached hydrogens (tertiary/aromatic N) is 3. The summed E-state index contributed by atoms with van der Waals surface area (Å²) in [4.78, 5) is 20.3. The van der Waals surface area contributed by atoms with E-state index in [1.54, 1.807) is 11.1 Å². The van der Waals surface area contributed by atoms with Gasteiger partial charge in [-0.25, -0.2) is 18.6 Å². The molecule has 1 aliphatic heterocycles. The van der Waals surface area contributed by atoms with Crippen LogP contribution in [-0.4, -0.2) is 55.2 Å². The lowest BCUT2D eigenvalue weighted by Gasteiger charge is -2.35. The molecule has 0 spiro atoms. The Balaban J connectivity index is 1.37. The molecule has 8 heteroatoms. The Labute approximate surface area is 150 Å². The van der Waals surface area contributed by atoms with Crippen molar-refractivity contribution in [3.05, 3.63) is 54.2 Å². The van der Waals surface area contributed by atoms with Gasteiger partial charge >= 0.3 is 6.03 Å². The van der Waals surface area contributed by atoms with Gasteiger partial charge < -0.3 is 19.9 Å². The second-order valence-electron chi connectivity index (χ2n) is 5.82. The first-order valence-electron chi connectivity index (χ1n) is 8.40. The van der Waals surface area contributed by atoms with Crippen molar-refractivity contribution in [1.82, 2.24) is 15.2 Å². The van der Waals surface area contributed by atoms with Gasteiger partial charge in [-0.3, -0.25) is 0 Å². The fourth-order valence-electron chi connectivity index (χ4n) is 2.68. The van der Waals surface area contributed by atoms with E-state index in [1.165, 1.54) is 6.07 Å².